The third-order valence-corrected chi connectivity index (χ3v) is 3.16. The summed E-state index contributed by atoms with van der Waals surface area (Å²) in [4.78, 5) is 13.6. The third-order valence-electron chi connectivity index (χ3n) is 2.67. The number of nitrogens with two attached hydrogens (primary N) is 1. The van der Waals surface area contributed by atoms with Gasteiger partial charge in [-0.05, 0) is 24.6 Å². The number of rotatable bonds is 1. The molecule has 0 radical (unpaired) electrons. The Hall–Kier alpha value is -0.940. The average molecular weight is 287 g/mol. The molecule has 1 aromatic rings. The minimum absolute atomic E-state index is 0.0131. The van der Waals surface area contributed by atoms with Gasteiger partial charge in [-0.3, -0.25) is 4.79 Å². The SMILES string of the molecule is NC1CCN(C(=O)c2cc(Br)ccc2F)C1. The fraction of sp³-hybridized carbons (Fsp3) is 0.364. The normalized spacial score (nSPS) is 20.2. The Morgan fingerprint density at radius 2 is 2.31 bits per heavy atom. The van der Waals surface area contributed by atoms with Crippen molar-refractivity contribution in [2.24, 2.45) is 5.73 Å². The van der Waals surface area contributed by atoms with Crippen molar-refractivity contribution in [3.63, 3.8) is 0 Å². The molecular weight excluding hydrogens is 275 g/mol. The molecule has 1 unspecified atom stereocenters. The zero-order valence-electron chi connectivity index (χ0n) is 8.62. The molecule has 0 aromatic heterocycles. The van der Waals surface area contributed by atoms with E-state index in [4.69, 9.17) is 5.73 Å². The van der Waals surface area contributed by atoms with Crippen LogP contribution in [0.1, 0.15) is 16.8 Å². The Labute approximate surface area is 102 Å². The lowest BCUT2D eigenvalue weighted by Crippen LogP contribution is -2.32. The van der Waals surface area contributed by atoms with Crippen LogP contribution in [0.15, 0.2) is 22.7 Å². The molecule has 1 fully saturated rings. The number of amides is 1. The number of benzene rings is 1. The number of hydrogen-bond donors (Lipinski definition) is 1. The predicted molar refractivity (Wildman–Crippen MR) is 62.6 cm³/mol. The molecule has 1 heterocycles. The van der Waals surface area contributed by atoms with Gasteiger partial charge in [-0.1, -0.05) is 15.9 Å². The first-order valence-corrected chi connectivity index (χ1v) is 5.87. The van der Waals surface area contributed by atoms with Gasteiger partial charge in [-0.2, -0.15) is 0 Å². The van der Waals surface area contributed by atoms with Crippen LogP contribution in [0, 0.1) is 5.82 Å². The Morgan fingerprint density at radius 1 is 1.56 bits per heavy atom. The summed E-state index contributed by atoms with van der Waals surface area (Å²) in [5.74, 6) is -0.777. The summed E-state index contributed by atoms with van der Waals surface area (Å²) in [7, 11) is 0. The van der Waals surface area contributed by atoms with Gasteiger partial charge < -0.3 is 10.6 Å². The molecule has 16 heavy (non-hydrogen) atoms. The van der Waals surface area contributed by atoms with E-state index in [1.807, 2.05) is 0 Å². The number of likely N-dealkylation sites (tertiary alicyclic amines) is 1. The summed E-state index contributed by atoms with van der Waals surface area (Å²) < 4.78 is 14.2. The Balaban J connectivity index is 2.23. The summed E-state index contributed by atoms with van der Waals surface area (Å²) in [6, 6.07) is 4.37. The molecule has 0 bridgehead atoms. The minimum Gasteiger partial charge on any atom is -0.337 e. The van der Waals surface area contributed by atoms with Crippen molar-refractivity contribution in [2.45, 2.75) is 12.5 Å². The van der Waals surface area contributed by atoms with Crippen LogP contribution in [0.2, 0.25) is 0 Å². The monoisotopic (exact) mass is 286 g/mol. The van der Waals surface area contributed by atoms with E-state index in [2.05, 4.69) is 15.9 Å². The standard InChI is InChI=1S/C11H12BrFN2O/c12-7-1-2-10(13)9(5-7)11(16)15-4-3-8(14)6-15/h1-2,5,8H,3-4,6,14H2. The van der Waals surface area contributed by atoms with Gasteiger partial charge in [0.05, 0.1) is 5.56 Å². The maximum atomic E-state index is 13.5. The number of halogens is 2. The molecule has 2 N–H and O–H groups in total. The summed E-state index contributed by atoms with van der Waals surface area (Å²) in [6.45, 7) is 1.11. The van der Waals surface area contributed by atoms with Crippen LogP contribution in [0.5, 0.6) is 0 Å². The van der Waals surface area contributed by atoms with E-state index in [9.17, 15) is 9.18 Å². The summed E-state index contributed by atoms with van der Waals surface area (Å²) >= 11 is 3.22. The van der Waals surface area contributed by atoms with Gasteiger partial charge >= 0.3 is 0 Å². The molecule has 1 amide bonds. The van der Waals surface area contributed by atoms with Crippen LogP contribution < -0.4 is 5.73 Å². The number of hydrogen-bond acceptors (Lipinski definition) is 2. The zero-order chi connectivity index (χ0) is 11.7. The van der Waals surface area contributed by atoms with E-state index in [0.717, 1.165) is 6.42 Å². The quantitative estimate of drug-likeness (QED) is 0.855. The van der Waals surface area contributed by atoms with E-state index >= 15 is 0 Å². The van der Waals surface area contributed by atoms with Crippen molar-refractivity contribution < 1.29 is 9.18 Å². The van der Waals surface area contributed by atoms with Gasteiger partial charge in [-0.15, -0.1) is 0 Å². The van der Waals surface area contributed by atoms with Crippen molar-refractivity contribution in [1.82, 2.24) is 4.90 Å². The molecule has 1 aliphatic rings. The molecule has 0 spiro atoms. The lowest BCUT2D eigenvalue weighted by atomic mass is 10.2. The molecular formula is C11H12BrFN2O. The van der Waals surface area contributed by atoms with Crippen molar-refractivity contribution in [2.75, 3.05) is 13.1 Å². The molecule has 0 aliphatic carbocycles. The van der Waals surface area contributed by atoms with E-state index in [1.165, 1.54) is 12.1 Å². The second-order valence-electron chi connectivity index (χ2n) is 3.92. The first-order chi connectivity index (χ1) is 7.58. The van der Waals surface area contributed by atoms with Gasteiger partial charge in [0.15, 0.2) is 0 Å². The van der Waals surface area contributed by atoms with Gasteiger partial charge in [0.25, 0.3) is 5.91 Å². The van der Waals surface area contributed by atoms with Crippen molar-refractivity contribution in [3.8, 4) is 0 Å². The molecule has 1 aromatic carbocycles. The van der Waals surface area contributed by atoms with E-state index < -0.39 is 5.82 Å². The topological polar surface area (TPSA) is 46.3 Å². The second kappa shape index (κ2) is 4.51. The first-order valence-electron chi connectivity index (χ1n) is 5.08. The van der Waals surface area contributed by atoms with E-state index in [0.29, 0.717) is 17.6 Å². The highest BCUT2D eigenvalue weighted by molar-refractivity contribution is 9.10. The molecule has 3 nitrogen and oxygen atoms in total. The van der Waals surface area contributed by atoms with E-state index in [-0.39, 0.29) is 17.5 Å². The lowest BCUT2D eigenvalue weighted by molar-refractivity contribution is 0.0786. The Bertz CT molecular complexity index is 424. The third kappa shape index (κ3) is 2.25. The average Bonchev–Trinajstić information content (AvgIpc) is 2.67. The van der Waals surface area contributed by atoms with Gasteiger partial charge in [0.1, 0.15) is 5.82 Å². The number of carbonyl (C=O) groups is 1. The molecule has 86 valence electrons. The highest BCUT2D eigenvalue weighted by Gasteiger charge is 2.26. The summed E-state index contributed by atoms with van der Waals surface area (Å²) in [5.41, 5.74) is 5.81. The predicted octanol–water partition coefficient (Wildman–Crippen LogP) is 1.76. The zero-order valence-corrected chi connectivity index (χ0v) is 10.2. The maximum Gasteiger partial charge on any atom is 0.256 e. The molecule has 2 rings (SSSR count). The second-order valence-corrected chi connectivity index (χ2v) is 4.84. The van der Waals surface area contributed by atoms with Crippen LogP contribution >= 0.6 is 15.9 Å². The van der Waals surface area contributed by atoms with Crippen LogP contribution in [0.4, 0.5) is 4.39 Å². The van der Waals surface area contributed by atoms with Gasteiger partial charge in [0, 0.05) is 23.6 Å². The van der Waals surface area contributed by atoms with Crippen LogP contribution in [-0.4, -0.2) is 29.9 Å². The van der Waals surface area contributed by atoms with Crippen molar-refractivity contribution in [1.29, 1.82) is 0 Å². The first kappa shape index (κ1) is 11.5. The highest BCUT2D eigenvalue weighted by atomic mass is 79.9. The van der Waals surface area contributed by atoms with Crippen LogP contribution in [-0.2, 0) is 0 Å². The summed E-state index contributed by atoms with van der Waals surface area (Å²) in [6.07, 6.45) is 0.779. The largest absolute Gasteiger partial charge is 0.337 e. The summed E-state index contributed by atoms with van der Waals surface area (Å²) in [5, 5.41) is 0. The maximum absolute atomic E-state index is 13.5. The van der Waals surface area contributed by atoms with Gasteiger partial charge in [-0.25, -0.2) is 4.39 Å². The smallest absolute Gasteiger partial charge is 0.256 e. The van der Waals surface area contributed by atoms with Crippen LogP contribution in [0.25, 0.3) is 0 Å². The Kier molecular flexibility index (Phi) is 3.25. The number of carbonyl (C=O) groups excluding carboxylic acids is 1. The lowest BCUT2D eigenvalue weighted by Gasteiger charge is -2.16. The fourth-order valence-corrected chi connectivity index (χ4v) is 2.16. The molecule has 1 saturated heterocycles. The molecule has 1 atom stereocenters. The van der Waals surface area contributed by atoms with Crippen molar-refractivity contribution in [3.05, 3.63) is 34.1 Å². The number of nitrogens with zero attached hydrogens (tertiary/aromatic N) is 1. The highest BCUT2D eigenvalue weighted by Crippen LogP contribution is 2.19. The fourth-order valence-electron chi connectivity index (χ4n) is 1.80. The molecule has 1 aliphatic heterocycles. The van der Waals surface area contributed by atoms with Crippen LogP contribution in [0.3, 0.4) is 0 Å². The van der Waals surface area contributed by atoms with E-state index in [1.54, 1.807) is 11.0 Å². The molecule has 5 heteroatoms. The molecule has 0 saturated carbocycles. The Morgan fingerprint density at radius 3 is 2.94 bits per heavy atom. The minimum atomic E-state index is -0.492. The van der Waals surface area contributed by atoms with Gasteiger partial charge in [0.2, 0.25) is 0 Å². The van der Waals surface area contributed by atoms with Crippen molar-refractivity contribution >= 4 is 21.8 Å².